The van der Waals surface area contributed by atoms with Gasteiger partial charge in [0.05, 0.1) is 0 Å². The van der Waals surface area contributed by atoms with Gasteiger partial charge in [0.25, 0.3) is 0 Å². The molecule has 15 heavy (non-hydrogen) atoms. The fraction of sp³-hybridized carbons (Fsp3) is 0.500. The van der Waals surface area contributed by atoms with Crippen molar-refractivity contribution in [3.8, 4) is 0 Å². The van der Waals surface area contributed by atoms with Crippen LogP contribution in [0.4, 0.5) is 5.95 Å². The minimum atomic E-state index is 0.0137. The standard InChI is InChI=1S/C10H14N4O/c1-6(15)13-8-2-3-9-7(4-8)5-12-10(11)14-9/h5,8H,2-4H2,1H3,(H,13,15)(H2,11,12,14). The first-order valence-electron chi connectivity index (χ1n) is 5.02. The molecule has 0 radical (unpaired) electrons. The molecule has 80 valence electrons. The molecule has 0 saturated heterocycles. The van der Waals surface area contributed by atoms with Crippen molar-refractivity contribution in [2.24, 2.45) is 0 Å². The van der Waals surface area contributed by atoms with Crippen LogP contribution in [-0.2, 0) is 17.6 Å². The van der Waals surface area contributed by atoms with E-state index in [0.29, 0.717) is 5.95 Å². The highest BCUT2D eigenvalue weighted by Crippen LogP contribution is 2.19. The van der Waals surface area contributed by atoms with Gasteiger partial charge in [-0.15, -0.1) is 0 Å². The highest BCUT2D eigenvalue weighted by molar-refractivity contribution is 5.73. The first kappa shape index (κ1) is 9.89. The molecule has 1 heterocycles. The molecule has 0 bridgehead atoms. The molecule has 1 aliphatic rings. The Balaban J connectivity index is 2.13. The van der Waals surface area contributed by atoms with Gasteiger partial charge in [-0.05, 0) is 24.8 Å². The lowest BCUT2D eigenvalue weighted by molar-refractivity contribution is -0.119. The van der Waals surface area contributed by atoms with Crippen molar-refractivity contribution in [1.82, 2.24) is 15.3 Å². The molecule has 0 aromatic carbocycles. The predicted molar refractivity (Wildman–Crippen MR) is 56.1 cm³/mol. The number of nitrogen functional groups attached to an aromatic ring is 1. The van der Waals surface area contributed by atoms with E-state index in [1.54, 1.807) is 6.20 Å². The van der Waals surface area contributed by atoms with Crippen LogP contribution < -0.4 is 11.1 Å². The number of fused-ring (bicyclic) bond motifs is 1. The summed E-state index contributed by atoms with van der Waals surface area (Å²) in [6.07, 6.45) is 4.33. The molecule has 0 fully saturated rings. The third-order valence-electron chi connectivity index (χ3n) is 2.58. The van der Waals surface area contributed by atoms with Gasteiger partial charge in [-0.25, -0.2) is 9.97 Å². The van der Waals surface area contributed by atoms with Crippen LogP contribution in [0.1, 0.15) is 24.6 Å². The molecule has 5 heteroatoms. The number of hydrogen-bond acceptors (Lipinski definition) is 4. The van der Waals surface area contributed by atoms with Gasteiger partial charge in [-0.1, -0.05) is 0 Å². The van der Waals surface area contributed by atoms with E-state index in [1.807, 2.05) is 0 Å². The van der Waals surface area contributed by atoms with Crippen LogP contribution in [0.3, 0.4) is 0 Å². The first-order valence-corrected chi connectivity index (χ1v) is 5.02. The number of rotatable bonds is 1. The maximum Gasteiger partial charge on any atom is 0.220 e. The van der Waals surface area contributed by atoms with Crippen molar-refractivity contribution in [2.45, 2.75) is 32.2 Å². The van der Waals surface area contributed by atoms with Crippen molar-refractivity contribution < 1.29 is 4.79 Å². The van der Waals surface area contributed by atoms with Crippen LogP contribution in [0, 0.1) is 0 Å². The lowest BCUT2D eigenvalue weighted by atomic mass is 9.93. The van der Waals surface area contributed by atoms with E-state index < -0.39 is 0 Å². The van der Waals surface area contributed by atoms with Gasteiger partial charge in [-0.2, -0.15) is 0 Å². The maximum atomic E-state index is 10.9. The number of aromatic nitrogens is 2. The number of amides is 1. The van der Waals surface area contributed by atoms with Crippen molar-refractivity contribution in [2.75, 3.05) is 5.73 Å². The van der Waals surface area contributed by atoms with Crippen molar-refractivity contribution >= 4 is 11.9 Å². The van der Waals surface area contributed by atoms with Crippen LogP contribution in [0.5, 0.6) is 0 Å². The summed E-state index contributed by atoms with van der Waals surface area (Å²) in [5.41, 5.74) is 7.61. The molecule has 0 saturated carbocycles. The fourth-order valence-corrected chi connectivity index (χ4v) is 1.93. The first-order chi connectivity index (χ1) is 7.15. The second-order valence-corrected chi connectivity index (χ2v) is 3.84. The Morgan fingerprint density at radius 2 is 2.47 bits per heavy atom. The molecule has 2 rings (SSSR count). The summed E-state index contributed by atoms with van der Waals surface area (Å²) in [6, 6.07) is 0.210. The summed E-state index contributed by atoms with van der Waals surface area (Å²) in [4.78, 5) is 19.1. The summed E-state index contributed by atoms with van der Waals surface area (Å²) in [5, 5.41) is 2.91. The van der Waals surface area contributed by atoms with E-state index >= 15 is 0 Å². The average Bonchev–Trinajstić information content (AvgIpc) is 2.17. The lowest BCUT2D eigenvalue weighted by Crippen LogP contribution is -2.37. The van der Waals surface area contributed by atoms with Crippen molar-refractivity contribution in [3.63, 3.8) is 0 Å². The molecule has 1 amide bonds. The Morgan fingerprint density at radius 3 is 3.20 bits per heavy atom. The largest absolute Gasteiger partial charge is 0.368 e. The van der Waals surface area contributed by atoms with Crippen LogP contribution in [-0.4, -0.2) is 21.9 Å². The molecular formula is C10H14N4O. The Morgan fingerprint density at radius 1 is 1.67 bits per heavy atom. The molecular weight excluding hydrogens is 192 g/mol. The molecule has 1 atom stereocenters. The molecule has 5 nitrogen and oxygen atoms in total. The molecule has 1 aliphatic carbocycles. The van der Waals surface area contributed by atoms with Gasteiger partial charge in [0, 0.05) is 24.9 Å². The number of nitrogens with two attached hydrogens (primary N) is 1. The summed E-state index contributed by atoms with van der Waals surface area (Å²) >= 11 is 0. The van der Waals surface area contributed by atoms with Gasteiger partial charge in [-0.3, -0.25) is 4.79 Å². The zero-order valence-corrected chi connectivity index (χ0v) is 8.66. The second-order valence-electron chi connectivity index (χ2n) is 3.84. The molecule has 0 aliphatic heterocycles. The van der Waals surface area contributed by atoms with E-state index in [4.69, 9.17) is 5.73 Å². The van der Waals surface area contributed by atoms with Gasteiger partial charge < -0.3 is 11.1 Å². The molecule has 1 unspecified atom stereocenters. The molecule has 1 aromatic heterocycles. The van der Waals surface area contributed by atoms with Crippen molar-refractivity contribution in [1.29, 1.82) is 0 Å². The smallest absolute Gasteiger partial charge is 0.220 e. The van der Waals surface area contributed by atoms with Crippen LogP contribution >= 0.6 is 0 Å². The Bertz CT molecular complexity index is 391. The highest BCUT2D eigenvalue weighted by Gasteiger charge is 2.20. The van der Waals surface area contributed by atoms with Gasteiger partial charge in [0.1, 0.15) is 0 Å². The monoisotopic (exact) mass is 206 g/mol. The Labute approximate surface area is 88.1 Å². The van der Waals surface area contributed by atoms with Crippen LogP contribution in [0.25, 0.3) is 0 Å². The average molecular weight is 206 g/mol. The maximum absolute atomic E-state index is 10.9. The summed E-state index contributed by atoms with van der Waals surface area (Å²) < 4.78 is 0. The van der Waals surface area contributed by atoms with E-state index in [-0.39, 0.29) is 11.9 Å². The summed E-state index contributed by atoms with van der Waals surface area (Å²) in [6.45, 7) is 1.54. The normalized spacial score (nSPS) is 19.4. The number of carbonyl (C=O) groups excluding carboxylic acids is 1. The van der Waals surface area contributed by atoms with Crippen LogP contribution in [0.15, 0.2) is 6.20 Å². The predicted octanol–water partition coefficient (Wildman–Crippen LogP) is 0.0522. The van der Waals surface area contributed by atoms with Gasteiger partial charge >= 0.3 is 0 Å². The molecule has 0 spiro atoms. The second kappa shape index (κ2) is 3.84. The quantitative estimate of drug-likeness (QED) is 0.680. The minimum Gasteiger partial charge on any atom is -0.368 e. The number of nitrogens with zero attached hydrogens (tertiary/aromatic N) is 2. The van der Waals surface area contributed by atoms with Gasteiger partial charge in [0.2, 0.25) is 11.9 Å². The third kappa shape index (κ3) is 2.23. The zero-order valence-electron chi connectivity index (χ0n) is 8.66. The summed E-state index contributed by atoms with van der Waals surface area (Å²) in [5.74, 6) is 0.339. The van der Waals surface area contributed by atoms with E-state index in [1.165, 1.54) is 6.92 Å². The topological polar surface area (TPSA) is 80.9 Å². The molecule has 3 N–H and O–H groups in total. The number of nitrogens with one attached hydrogen (secondary N) is 1. The SMILES string of the molecule is CC(=O)NC1CCc2nc(N)ncc2C1. The van der Waals surface area contributed by atoms with E-state index in [9.17, 15) is 4.79 Å². The third-order valence-corrected chi connectivity index (χ3v) is 2.58. The van der Waals surface area contributed by atoms with Crippen molar-refractivity contribution in [3.05, 3.63) is 17.5 Å². The van der Waals surface area contributed by atoms with Crippen LogP contribution in [0.2, 0.25) is 0 Å². The van der Waals surface area contributed by atoms with E-state index in [2.05, 4.69) is 15.3 Å². The number of aryl methyl sites for hydroxylation is 1. The zero-order chi connectivity index (χ0) is 10.8. The Kier molecular flexibility index (Phi) is 2.53. The fourth-order valence-electron chi connectivity index (χ4n) is 1.93. The molecule has 1 aromatic rings. The Hall–Kier alpha value is -1.65. The van der Waals surface area contributed by atoms with Gasteiger partial charge in [0.15, 0.2) is 0 Å². The summed E-state index contributed by atoms with van der Waals surface area (Å²) in [7, 11) is 0. The number of carbonyl (C=O) groups is 1. The van der Waals surface area contributed by atoms with E-state index in [0.717, 1.165) is 30.5 Å². The highest BCUT2D eigenvalue weighted by atomic mass is 16.1. The number of anilines is 1. The number of hydrogen-bond donors (Lipinski definition) is 2. The lowest BCUT2D eigenvalue weighted by Gasteiger charge is -2.23. The minimum absolute atomic E-state index is 0.0137.